The second kappa shape index (κ2) is 4.97. The van der Waals surface area contributed by atoms with Crippen molar-refractivity contribution in [1.82, 2.24) is 14.9 Å². The number of piperidine rings is 1. The number of halogens is 1. The Morgan fingerprint density at radius 2 is 2.25 bits per heavy atom. The van der Waals surface area contributed by atoms with Gasteiger partial charge in [-0.3, -0.25) is 0 Å². The zero-order valence-corrected chi connectivity index (χ0v) is 11.6. The molecular weight excluding hydrogens is 282 g/mol. The molecule has 2 fully saturated rings. The second-order valence-electron chi connectivity index (χ2n) is 5.26. The van der Waals surface area contributed by atoms with Crippen molar-refractivity contribution in [3.05, 3.63) is 11.2 Å². The monoisotopic (exact) mass is 297 g/mol. The topological polar surface area (TPSA) is 95.6 Å². The zero-order valence-electron chi connectivity index (χ0n) is 10.9. The molecule has 2 aliphatic heterocycles. The number of nitrogens with zero attached hydrogens (tertiary/aromatic N) is 4. The smallest absolute Gasteiger partial charge is 0.407 e. The number of carboxylic acid groups (broad SMARTS) is 1. The largest absolute Gasteiger partial charge is 0.465 e. The van der Waals surface area contributed by atoms with Gasteiger partial charge < -0.3 is 20.6 Å². The number of amides is 1. The lowest BCUT2D eigenvalue weighted by Crippen LogP contribution is -2.47. The molecule has 1 aromatic rings. The van der Waals surface area contributed by atoms with Crippen molar-refractivity contribution >= 4 is 29.5 Å². The van der Waals surface area contributed by atoms with E-state index in [0.717, 1.165) is 19.4 Å². The van der Waals surface area contributed by atoms with Crippen LogP contribution in [0.25, 0.3) is 0 Å². The number of likely N-dealkylation sites (tertiary alicyclic amines) is 1. The number of fused-ring (bicyclic) bond motifs is 1. The van der Waals surface area contributed by atoms with Crippen LogP contribution >= 0.6 is 11.6 Å². The van der Waals surface area contributed by atoms with Crippen LogP contribution in [0.5, 0.6) is 0 Å². The first kappa shape index (κ1) is 13.2. The lowest BCUT2D eigenvalue weighted by molar-refractivity contribution is 0.0965. The second-order valence-corrected chi connectivity index (χ2v) is 5.64. The molecule has 7 nitrogen and oxygen atoms in total. The van der Waals surface area contributed by atoms with Crippen molar-refractivity contribution in [2.24, 2.45) is 5.92 Å². The summed E-state index contributed by atoms with van der Waals surface area (Å²) in [7, 11) is 0. The number of nitrogens with two attached hydrogens (primary N) is 1. The standard InChI is InChI=1S/C12H16ClN5O2/c13-9-4-10(16-11(14)15-9)17-5-7-2-1-3-18(12(19)20)8(7)6-17/h4,7-8H,1-3,5-6H2,(H,19,20)(H2,14,15,16)/t7-,8+/m1/s1. The molecule has 2 aliphatic rings. The normalized spacial score (nSPS) is 25.6. The highest BCUT2D eigenvalue weighted by molar-refractivity contribution is 6.29. The summed E-state index contributed by atoms with van der Waals surface area (Å²) < 4.78 is 0. The molecule has 0 aromatic carbocycles. The molecule has 1 aromatic heterocycles. The Morgan fingerprint density at radius 3 is 2.95 bits per heavy atom. The third-order valence-electron chi connectivity index (χ3n) is 4.05. The van der Waals surface area contributed by atoms with E-state index in [4.69, 9.17) is 17.3 Å². The Kier molecular flexibility index (Phi) is 3.29. The van der Waals surface area contributed by atoms with Crippen LogP contribution < -0.4 is 10.6 Å². The quantitative estimate of drug-likeness (QED) is 0.758. The number of hydrogen-bond donors (Lipinski definition) is 2. The molecule has 0 unspecified atom stereocenters. The summed E-state index contributed by atoms with van der Waals surface area (Å²) in [5, 5.41) is 9.57. The Balaban J connectivity index is 1.83. The van der Waals surface area contributed by atoms with Gasteiger partial charge in [0.15, 0.2) is 0 Å². The summed E-state index contributed by atoms with van der Waals surface area (Å²) in [5.74, 6) is 1.15. The Bertz CT molecular complexity index is 520. The van der Waals surface area contributed by atoms with E-state index in [-0.39, 0.29) is 12.0 Å². The van der Waals surface area contributed by atoms with E-state index in [0.29, 0.717) is 30.0 Å². The van der Waals surface area contributed by atoms with Gasteiger partial charge in [-0.25, -0.2) is 9.78 Å². The zero-order chi connectivity index (χ0) is 14.3. The molecule has 3 rings (SSSR count). The van der Waals surface area contributed by atoms with Gasteiger partial charge in [-0.2, -0.15) is 4.98 Å². The van der Waals surface area contributed by atoms with E-state index >= 15 is 0 Å². The van der Waals surface area contributed by atoms with Gasteiger partial charge in [0.1, 0.15) is 11.0 Å². The minimum Gasteiger partial charge on any atom is -0.465 e. The molecule has 20 heavy (non-hydrogen) atoms. The summed E-state index contributed by atoms with van der Waals surface area (Å²) in [6, 6.07) is 1.69. The molecule has 0 saturated carbocycles. The van der Waals surface area contributed by atoms with E-state index in [1.165, 1.54) is 0 Å². The molecule has 8 heteroatoms. The van der Waals surface area contributed by atoms with Gasteiger partial charge in [-0.1, -0.05) is 11.6 Å². The fourth-order valence-corrected chi connectivity index (χ4v) is 3.37. The van der Waals surface area contributed by atoms with E-state index in [1.54, 1.807) is 11.0 Å². The summed E-state index contributed by atoms with van der Waals surface area (Å²) in [5.41, 5.74) is 5.61. The minimum atomic E-state index is -0.846. The average molecular weight is 298 g/mol. The van der Waals surface area contributed by atoms with Crippen LogP contribution in [0.15, 0.2) is 6.07 Å². The van der Waals surface area contributed by atoms with Crippen LogP contribution in [0.1, 0.15) is 12.8 Å². The number of anilines is 2. The van der Waals surface area contributed by atoms with Gasteiger partial charge >= 0.3 is 6.09 Å². The molecule has 1 amide bonds. The van der Waals surface area contributed by atoms with E-state index < -0.39 is 6.09 Å². The minimum absolute atomic E-state index is 0.0243. The predicted molar refractivity (Wildman–Crippen MR) is 74.9 cm³/mol. The highest BCUT2D eigenvalue weighted by Gasteiger charge is 2.41. The Labute approximate surface area is 121 Å². The molecule has 2 atom stereocenters. The number of rotatable bonds is 1. The van der Waals surface area contributed by atoms with Crippen LogP contribution in [0.3, 0.4) is 0 Å². The van der Waals surface area contributed by atoms with Crippen LogP contribution in [-0.4, -0.2) is 51.7 Å². The van der Waals surface area contributed by atoms with Crippen molar-refractivity contribution in [2.75, 3.05) is 30.3 Å². The van der Waals surface area contributed by atoms with E-state index in [2.05, 4.69) is 9.97 Å². The molecule has 0 bridgehead atoms. The van der Waals surface area contributed by atoms with Gasteiger partial charge in [0.2, 0.25) is 5.95 Å². The highest BCUT2D eigenvalue weighted by atomic mass is 35.5. The van der Waals surface area contributed by atoms with Gasteiger partial charge in [0, 0.05) is 25.7 Å². The molecule has 3 N–H and O–H groups in total. The van der Waals surface area contributed by atoms with Gasteiger partial charge in [-0.05, 0) is 18.8 Å². The van der Waals surface area contributed by atoms with Gasteiger partial charge in [0.25, 0.3) is 0 Å². The number of nitrogen functional groups attached to an aromatic ring is 1. The SMILES string of the molecule is Nc1nc(Cl)cc(N2C[C@H]3CCCN(C(=O)O)[C@H]3C2)n1. The van der Waals surface area contributed by atoms with Crippen molar-refractivity contribution < 1.29 is 9.90 Å². The summed E-state index contributed by atoms with van der Waals surface area (Å²) in [6.07, 6.45) is 1.11. The first-order valence-corrected chi connectivity index (χ1v) is 6.97. The van der Waals surface area contributed by atoms with Crippen LogP contribution in [-0.2, 0) is 0 Å². The van der Waals surface area contributed by atoms with Crippen LogP contribution in [0.2, 0.25) is 5.15 Å². The Hall–Kier alpha value is -1.76. The molecule has 3 heterocycles. The first-order chi connectivity index (χ1) is 9.54. The van der Waals surface area contributed by atoms with Crippen LogP contribution in [0.4, 0.5) is 16.6 Å². The predicted octanol–water partition coefficient (Wildman–Crippen LogP) is 1.29. The number of carbonyl (C=O) groups is 1. The molecule has 0 aliphatic carbocycles. The maximum Gasteiger partial charge on any atom is 0.407 e. The van der Waals surface area contributed by atoms with Gasteiger partial charge in [-0.15, -0.1) is 0 Å². The third-order valence-corrected chi connectivity index (χ3v) is 4.24. The maximum atomic E-state index is 11.3. The molecule has 0 radical (unpaired) electrons. The van der Waals surface area contributed by atoms with Crippen molar-refractivity contribution in [1.29, 1.82) is 0 Å². The molecular formula is C12H16ClN5O2. The summed E-state index contributed by atoms with van der Waals surface area (Å²) >= 11 is 5.90. The average Bonchev–Trinajstić information content (AvgIpc) is 2.80. The van der Waals surface area contributed by atoms with Gasteiger partial charge in [0.05, 0.1) is 6.04 Å². The van der Waals surface area contributed by atoms with Crippen molar-refractivity contribution in [2.45, 2.75) is 18.9 Å². The molecule has 2 saturated heterocycles. The van der Waals surface area contributed by atoms with E-state index in [1.807, 2.05) is 4.90 Å². The fourth-order valence-electron chi connectivity index (χ4n) is 3.19. The Morgan fingerprint density at radius 1 is 1.45 bits per heavy atom. The summed E-state index contributed by atoms with van der Waals surface area (Å²) in [6.45, 7) is 2.02. The number of aromatic nitrogens is 2. The summed E-state index contributed by atoms with van der Waals surface area (Å²) in [4.78, 5) is 22.9. The lowest BCUT2D eigenvalue weighted by Gasteiger charge is -2.34. The molecule has 0 spiro atoms. The first-order valence-electron chi connectivity index (χ1n) is 6.59. The van der Waals surface area contributed by atoms with Crippen LogP contribution in [0, 0.1) is 5.92 Å². The third kappa shape index (κ3) is 2.33. The maximum absolute atomic E-state index is 11.3. The lowest BCUT2D eigenvalue weighted by atomic mass is 9.92. The fraction of sp³-hybridized carbons (Fsp3) is 0.583. The molecule has 108 valence electrons. The van der Waals surface area contributed by atoms with Crippen molar-refractivity contribution in [3.63, 3.8) is 0 Å². The number of hydrogen-bond acceptors (Lipinski definition) is 5. The van der Waals surface area contributed by atoms with E-state index in [9.17, 15) is 9.90 Å². The van der Waals surface area contributed by atoms with Crippen molar-refractivity contribution in [3.8, 4) is 0 Å². The highest BCUT2D eigenvalue weighted by Crippen LogP contribution is 2.33.